The van der Waals surface area contributed by atoms with Gasteiger partial charge in [-0.1, -0.05) is 60.7 Å². The SMILES string of the molecule is COc1cc(/C=C(/NC(=O)c2ccccc2)C(=O)Nc2cccc(SC(C(=O)Nc3cccc(C(=O)O)c3)c3ccccc3)c2)cc(OC)c1OC. The van der Waals surface area contributed by atoms with Crippen molar-refractivity contribution in [3.05, 3.63) is 149 Å². The van der Waals surface area contributed by atoms with Gasteiger partial charge in [-0.05, 0) is 77.9 Å². The summed E-state index contributed by atoms with van der Waals surface area (Å²) in [5.74, 6) is -1.50. The molecule has 264 valence electrons. The molecule has 4 N–H and O–H groups in total. The molecule has 5 rings (SSSR count). The van der Waals surface area contributed by atoms with Gasteiger partial charge >= 0.3 is 5.97 Å². The fourth-order valence-electron chi connectivity index (χ4n) is 5.11. The minimum atomic E-state index is -1.11. The Kier molecular flexibility index (Phi) is 12.3. The molecular weight excluding hydrogens is 683 g/mol. The molecule has 0 saturated heterocycles. The van der Waals surface area contributed by atoms with Crippen molar-refractivity contribution < 1.29 is 38.5 Å². The minimum absolute atomic E-state index is 0.0452. The predicted octanol–water partition coefficient (Wildman–Crippen LogP) is 7.29. The molecule has 5 aromatic rings. The molecule has 0 bridgehead atoms. The monoisotopic (exact) mass is 717 g/mol. The van der Waals surface area contributed by atoms with E-state index in [2.05, 4.69) is 16.0 Å². The summed E-state index contributed by atoms with van der Waals surface area (Å²) in [7, 11) is 4.43. The third kappa shape index (κ3) is 9.37. The topological polar surface area (TPSA) is 152 Å². The number of anilines is 2. The number of carbonyl (C=O) groups excluding carboxylic acids is 3. The minimum Gasteiger partial charge on any atom is -0.493 e. The number of benzene rings is 5. The van der Waals surface area contributed by atoms with Crippen molar-refractivity contribution in [2.45, 2.75) is 10.1 Å². The number of carbonyl (C=O) groups is 4. The lowest BCUT2D eigenvalue weighted by atomic mass is 10.1. The molecule has 11 nitrogen and oxygen atoms in total. The number of hydrogen-bond acceptors (Lipinski definition) is 8. The Hall–Kier alpha value is -6.53. The quantitative estimate of drug-likeness (QED) is 0.0685. The van der Waals surface area contributed by atoms with Gasteiger partial charge in [0.15, 0.2) is 11.5 Å². The Balaban J connectivity index is 1.43. The van der Waals surface area contributed by atoms with E-state index in [0.717, 1.165) is 0 Å². The fourth-order valence-corrected chi connectivity index (χ4v) is 6.20. The molecule has 0 heterocycles. The number of methoxy groups -OCH3 is 3. The van der Waals surface area contributed by atoms with E-state index < -0.39 is 23.0 Å². The van der Waals surface area contributed by atoms with Crippen molar-refractivity contribution in [2.75, 3.05) is 32.0 Å². The summed E-state index contributed by atoms with van der Waals surface area (Å²) in [5, 5.41) is 17.1. The van der Waals surface area contributed by atoms with Gasteiger partial charge in [0.05, 0.1) is 26.9 Å². The average Bonchev–Trinajstić information content (AvgIpc) is 3.17. The van der Waals surface area contributed by atoms with E-state index in [9.17, 15) is 24.3 Å². The maximum absolute atomic E-state index is 13.9. The summed E-state index contributed by atoms with van der Waals surface area (Å²) in [6.45, 7) is 0. The van der Waals surface area contributed by atoms with Gasteiger partial charge in [-0.3, -0.25) is 14.4 Å². The lowest BCUT2D eigenvalue weighted by Crippen LogP contribution is -2.30. The summed E-state index contributed by atoms with van der Waals surface area (Å²) in [6, 6.07) is 33.9. The largest absolute Gasteiger partial charge is 0.493 e. The van der Waals surface area contributed by atoms with Crippen LogP contribution in [0.25, 0.3) is 6.08 Å². The summed E-state index contributed by atoms with van der Waals surface area (Å²) in [4.78, 5) is 52.9. The number of carboxylic acid groups (broad SMARTS) is 1. The van der Waals surface area contributed by atoms with Crippen LogP contribution in [0, 0.1) is 0 Å². The van der Waals surface area contributed by atoms with Crippen molar-refractivity contribution in [3.63, 3.8) is 0 Å². The summed E-state index contributed by atoms with van der Waals surface area (Å²) in [5.41, 5.74) is 2.29. The van der Waals surface area contributed by atoms with Crippen LogP contribution < -0.4 is 30.2 Å². The first-order valence-corrected chi connectivity index (χ1v) is 16.7. The number of hydrogen-bond donors (Lipinski definition) is 4. The van der Waals surface area contributed by atoms with Crippen LogP contribution in [0.2, 0.25) is 0 Å². The molecule has 0 aliphatic heterocycles. The predicted molar refractivity (Wildman–Crippen MR) is 200 cm³/mol. The summed E-state index contributed by atoms with van der Waals surface area (Å²) < 4.78 is 16.4. The lowest BCUT2D eigenvalue weighted by molar-refractivity contribution is -0.116. The molecule has 0 radical (unpaired) electrons. The van der Waals surface area contributed by atoms with Gasteiger partial charge in [-0.25, -0.2) is 4.79 Å². The number of nitrogens with one attached hydrogen (secondary N) is 3. The van der Waals surface area contributed by atoms with Crippen LogP contribution in [0.3, 0.4) is 0 Å². The molecule has 1 atom stereocenters. The van der Waals surface area contributed by atoms with Crippen molar-refractivity contribution >= 4 is 52.9 Å². The average molecular weight is 718 g/mol. The molecule has 3 amide bonds. The van der Waals surface area contributed by atoms with Crippen molar-refractivity contribution in [3.8, 4) is 17.2 Å². The highest BCUT2D eigenvalue weighted by molar-refractivity contribution is 8.00. The highest BCUT2D eigenvalue weighted by Gasteiger charge is 2.23. The Morgan fingerprint density at radius 1 is 0.673 bits per heavy atom. The highest BCUT2D eigenvalue weighted by Crippen LogP contribution is 2.39. The number of ether oxygens (including phenoxy) is 3. The van der Waals surface area contributed by atoms with Crippen LogP contribution in [0.5, 0.6) is 17.2 Å². The molecule has 12 heteroatoms. The van der Waals surface area contributed by atoms with E-state index >= 15 is 0 Å². The number of thioether (sulfide) groups is 1. The standard InChI is InChI=1S/C40H35N3O8S/c1-49-33-21-25(22-34(50-2)35(33)51-3)20-32(43-37(44)27-14-8-5-9-15-27)38(45)41-30-18-11-19-31(24-30)52-36(26-12-6-4-7-13-26)39(46)42-29-17-10-16-28(23-29)40(47)48/h4-24,36H,1-3H3,(H,41,45)(H,42,46)(H,43,44)(H,47,48)/b32-20+. The number of amides is 3. The second-order valence-corrected chi connectivity index (χ2v) is 12.3. The van der Waals surface area contributed by atoms with Gasteiger partial charge in [0.1, 0.15) is 10.9 Å². The molecule has 0 spiro atoms. The Morgan fingerprint density at radius 3 is 1.88 bits per heavy atom. The first-order chi connectivity index (χ1) is 25.2. The molecular formula is C40H35N3O8S. The zero-order valence-corrected chi connectivity index (χ0v) is 29.2. The third-order valence-corrected chi connectivity index (χ3v) is 8.84. The summed E-state index contributed by atoms with van der Waals surface area (Å²) in [6.07, 6.45) is 1.49. The Labute approximate surface area is 304 Å². The molecule has 0 aliphatic carbocycles. The Bertz CT molecular complexity index is 2080. The fraction of sp³-hybridized carbons (Fsp3) is 0.100. The van der Waals surface area contributed by atoms with E-state index in [1.165, 1.54) is 51.3 Å². The Morgan fingerprint density at radius 2 is 1.27 bits per heavy atom. The maximum atomic E-state index is 13.9. The highest BCUT2D eigenvalue weighted by atomic mass is 32.2. The van der Waals surface area contributed by atoms with E-state index in [0.29, 0.717) is 50.2 Å². The molecule has 0 aliphatic rings. The molecule has 52 heavy (non-hydrogen) atoms. The molecule has 1 unspecified atom stereocenters. The van der Waals surface area contributed by atoms with Gasteiger partial charge in [0, 0.05) is 21.8 Å². The third-order valence-electron chi connectivity index (χ3n) is 7.59. The van der Waals surface area contributed by atoms with Crippen LogP contribution in [0.4, 0.5) is 11.4 Å². The van der Waals surface area contributed by atoms with Gasteiger partial charge in [-0.2, -0.15) is 0 Å². The van der Waals surface area contributed by atoms with E-state index in [1.807, 2.05) is 30.3 Å². The van der Waals surface area contributed by atoms with E-state index in [4.69, 9.17) is 14.2 Å². The van der Waals surface area contributed by atoms with Crippen LogP contribution >= 0.6 is 11.8 Å². The van der Waals surface area contributed by atoms with E-state index in [-0.39, 0.29) is 17.2 Å². The number of carboxylic acids is 1. The van der Waals surface area contributed by atoms with Gasteiger partial charge in [0.2, 0.25) is 11.7 Å². The number of aromatic carboxylic acids is 1. The zero-order chi connectivity index (χ0) is 37.0. The van der Waals surface area contributed by atoms with E-state index in [1.54, 1.807) is 78.9 Å². The maximum Gasteiger partial charge on any atom is 0.335 e. The van der Waals surface area contributed by atoms with Gasteiger partial charge in [0.25, 0.3) is 11.8 Å². The lowest BCUT2D eigenvalue weighted by Gasteiger charge is -2.18. The van der Waals surface area contributed by atoms with Crippen LogP contribution in [0.15, 0.2) is 132 Å². The van der Waals surface area contributed by atoms with Gasteiger partial charge in [-0.15, -0.1) is 11.8 Å². The van der Waals surface area contributed by atoms with Crippen molar-refractivity contribution in [2.24, 2.45) is 0 Å². The smallest absolute Gasteiger partial charge is 0.335 e. The molecule has 0 saturated carbocycles. The normalized spacial score (nSPS) is 11.5. The molecule has 5 aromatic carbocycles. The molecule has 0 fully saturated rings. The zero-order valence-electron chi connectivity index (χ0n) is 28.4. The van der Waals surface area contributed by atoms with Crippen LogP contribution in [0.1, 0.15) is 37.1 Å². The number of rotatable bonds is 14. The first-order valence-electron chi connectivity index (χ1n) is 15.8. The molecule has 0 aromatic heterocycles. The first kappa shape index (κ1) is 36.7. The van der Waals surface area contributed by atoms with Crippen molar-refractivity contribution in [1.29, 1.82) is 0 Å². The second-order valence-electron chi connectivity index (χ2n) is 11.1. The van der Waals surface area contributed by atoms with Crippen LogP contribution in [-0.2, 0) is 9.59 Å². The van der Waals surface area contributed by atoms with Crippen LogP contribution in [-0.4, -0.2) is 50.1 Å². The summed E-state index contributed by atoms with van der Waals surface area (Å²) >= 11 is 1.25. The van der Waals surface area contributed by atoms with Crippen molar-refractivity contribution in [1.82, 2.24) is 5.32 Å². The van der Waals surface area contributed by atoms with Gasteiger partial charge < -0.3 is 35.3 Å². The second kappa shape index (κ2) is 17.4.